The normalized spacial score (nSPS) is 29.3. The van der Waals surface area contributed by atoms with Crippen molar-refractivity contribution in [1.82, 2.24) is 4.90 Å². The van der Waals surface area contributed by atoms with E-state index in [1.54, 1.807) is 12.1 Å². The maximum absolute atomic E-state index is 12.3. The monoisotopic (exact) mass is 262 g/mol. The Morgan fingerprint density at radius 1 is 1.16 bits per heavy atom. The number of para-hydroxylation sites is 1. The first-order valence-corrected chi connectivity index (χ1v) is 6.68. The molecule has 2 saturated heterocycles. The summed E-state index contributed by atoms with van der Waals surface area (Å²) in [7, 11) is 0. The molecule has 2 aliphatic heterocycles. The Morgan fingerprint density at radius 2 is 1.79 bits per heavy atom. The number of ether oxygens (including phenoxy) is 1. The van der Waals surface area contributed by atoms with Crippen LogP contribution in [0.4, 0.5) is 4.79 Å². The summed E-state index contributed by atoms with van der Waals surface area (Å²) in [6.07, 6.45) is 3.43. The van der Waals surface area contributed by atoms with Gasteiger partial charge in [0.15, 0.2) is 0 Å². The second kappa shape index (κ2) is 5.19. The van der Waals surface area contributed by atoms with Crippen LogP contribution in [-0.2, 0) is 4.84 Å². The summed E-state index contributed by atoms with van der Waals surface area (Å²) in [5.41, 5.74) is 0. The smallest absolute Gasteiger partial charge is 0.410 e. The predicted octanol–water partition coefficient (Wildman–Crippen LogP) is 2.07. The lowest BCUT2D eigenvalue weighted by molar-refractivity contribution is -0.0142. The molecule has 1 aromatic rings. The fourth-order valence-electron chi connectivity index (χ4n) is 3.18. The number of hydrogen-bond acceptors (Lipinski definition) is 4. The molecule has 0 spiro atoms. The first kappa shape index (κ1) is 12.4. The van der Waals surface area contributed by atoms with Crippen molar-refractivity contribution in [1.29, 1.82) is 0 Å². The minimum absolute atomic E-state index is 0.0678. The van der Waals surface area contributed by atoms with Crippen LogP contribution in [0.2, 0.25) is 0 Å². The van der Waals surface area contributed by atoms with Crippen molar-refractivity contribution in [3.8, 4) is 5.75 Å². The van der Waals surface area contributed by atoms with Gasteiger partial charge in [0, 0.05) is 12.1 Å². The topological polar surface area (TPSA) is 64.8 Å². The van der Waals surface area contributed by atoms with E-state index in [2.05, 4.69) is 0 Å². The molecule has 2 bridgehead atoms. The minimum Gasteiger partial charge on any atom is -0.410 e. The first-order valence-electron chi connectivity index (χ1n) is 6.68. The molecule has 5 nitrogen and oxygen atoms in total. The summed E-state index contributed by atoms with van der Waals surface area (Å²) in [5, 5.41) is 0. The van der Waals surface area contributed by atoms with Crippen LogP contribution in [0.25, 0.3) is 0 Å². The van der Waals surface area contributed by atoms with E-state index in [-0.39, 0.29) is 24.3 Å². The second-order valence-corrected chi connectivity index (χ2v) is 5.20. The number of amides is 1. The molecule has 2 unspecified atom stereocenters. The van der Waals surface area contributed by atoms with Crippen LogP contribution >= 0.6 is 0 Å². The molecule has 1 aromatic carbocycles. The number of fused-ring (bicyclic) bond motifs is 2. The van der Waals surface area contributed by atoms with Crippen LogP contribution in [0.15, 0.2) is 30.3 Å². The van der Waals surface area contributed by atoms with E-state index in [4.69, 9.17) is 15.5 Å². The summed E-state index contributed by atoms with van der Waals surface area (Å²) in [4.78, 5) is 19.1. The first-order chi connectivity index (χ1) is 9.28. The molecule has 2 fully saturated rings. The largest absolute Gasteiger partial charge is 0.415 e. The Morgan fingerprint density at radius 3 is 2.37 bits per heavy atom. The van der Waals surface area contributed by atoms with Crippen molar-refractivity contribution in [2.45, 2.75) is 43.9 Å². The Kier molecular flexibility index (Phi) is 3.40. The van der Waals surface area contributed by atoms with Gasteiger partial charge in [-0.05, 0) is 37.8 Å². The molecule has 0 aromatic heterocycles. The van der Waals surface area contributed by atoms with Crippen molar-refractivity contribution in [2.75, 3.05) is 0 Å². The molecule has 102 valence electrons. The maximum Gasteiger partial charge on any atom is 0.415 e. The van der Waals surface area contributed by atoms with E-state index >= 15 is 0 Å². The van der Waals surface area contributed by atoms with Gasteiger partial charge < -0.3 is 14.5 Å². The molecule has 19 heavy (non-hydrogen) atoms. The standard InChI is InChI=1S/C14H18N2O3/c15-19-13-8-10-6-7-11(9-13)16(10)14(17)18-12-4-2-1-3-5-12/h1-5,10-11,13H,6-9,15H2. The van der Waals surface area contributed by atoms with Gasteiger partial charge in [0.25, 0.3) is 0 Å². The van der Waals surface area contributed by atoms with Crippen LogP contribution < -0.4 is 10.6 Å². The van der Waals surface area contributed by atoms with Crippen molar-refractivity contribution in [2.24, 2.45) is 5.90 Å². The number of rotatable bonds is 2. The quantitative estimate of drug-likeness (QED) is 0.829. The van der Waals surface area contributed by atoms with E-state index in [1.807, 2.05) is 23.1 Å². The van der Waals surface area contributed by atoms with Gasteiger partial charge in [-0.3, -0.25) is 0 Å². The highest BCUT2D eigenvalue weighted by Gasteiger charge is 2.44. The molecule has 2 atom stereocenters. The molecule has 5 heteroatoms. The molecule has 0 radical (unpaired) electrons. The Labute approximate surface area is 112 Å². The minimum atomic E-state index is -0.255. The van der Waals surface area contributed by atoms with Crippen molar-refractivity contribution in [3.63, 3.8) is 0 Å². The van der Waals surface area contributed by atoms with Gasteiger partial charge in [-0.15, -0.1) is 0 Å². The molecular weight excluding hydrogens is 244 g/mol. The van der Waals surface area contributed by atoms with Gasteiger partial charge in [0.1, 0.15) is 5.75 Å². The number of nitrogens with zero attached hydrogens (tertiary/aromatic N) is 1. The zero-order valence-electron chi connectivity index (χ0n) is 10.7. The Hall–Kier alpha value is -1.59. The fraction of sp³-hybridized carbons (Fsp3) is 0.500. The average molecular weight is 262 g/mol. The molecule has 2 heterocycles. The summed E-state index contributed by atoms with van der Waals surface area (Å²) in [6, 6.07) is 9.57. The number of benzene rings is 1. The predicted molar refractivity (Wildman–Crippen MR) is 69.4 cm³/mol. The zero-order valence-corrected chi connectivity index (χ0v) is 10.7. The van der Waals surface area contributed by atoms with Crippen molar-refractivity contribution >= 4 is 6.09 Å². The van der Waals surface area contributed by atoms with Crippen LogP contribution in [0.1, 0.15) is 25.7 Å². The number of carbonyl (C=O) groups is 1. The molecule has 2 aliphatic rings. The number of carbonyl (C=O) groups excluding carboxylic acids is 1. The lowest BCUT2D eigenvalue weighted by Gasteiger charge is -2.37. The third-order valence-electron chi connectivity index (χ3n) is 4.04. The van der Waals surface area contributed by atoms with E-state index in [0.717, 1.165) is 25.7 Å². The summed E-state index contributed by atoms with van der Waals surface area (Å²) in [5.74, 6) is 5.85. The second-order valence-electron chi connectivity index (χ2n) is 5.20. The van der Waals surface area contributed by atoms with Gasteiger partial charge in [0.2, 0.25) is 0 Å². The highest BCUT2D eigenvalue weighted by molar-refractivity contribution is 5.72. The van der Waals surface area contributed by atoms with Gasteiger partial charge in [-0.25, -0.2) is 10.7 Å². The van der Waals surface area contributed by atoms with Crippen LogP contribution in [0.3, 0.4) is 0 Å². The van der Waals surface area contributed by atoms with E-state index in [1.165, 1.54) is 0 Å². The lowest BCUT2D eigenvalue weighted by Crippen LogP contribution is -2.50. The Balaban J connectivity index is 1.68. The number of nitrogens with two attached hydrogens (primary N) is 1. The lowest BCUT2D eigenvalue weighted by atomic mass is 10.0. The van der Waals surface area contributed by atoms with E-state index in [0.29, 0.717) is 5.75 Å². The maximum atomic E-state index is 12.3. The van der Waals surface area contributed by atoms with Gasteiger partial charge in [-0.2, -0.15) is 0 Å². The Bertz CT molecular complexity index is 437. The summed E-state index contributed by atoms with van der Waals surface area (Å²) < 4.78 is 5.42. The van der Waals surface area contributed by atoms with Gasteiger partial charge in [0.05, 0.1) is 6.10 Å². The van der Waals surface area contributed by atoms with Crippen molar-refractivity contribution in [3.05, 3.63) is 30.3 Å². The summed E-state index contributed by atoms with van der Waals surface area (Å²) in [6.45, 7) is 0. The molecular formula is C14H18N2O3. The zero-order chi connectivity index (χ0) is 13.2. The third kappa shape index (κ3) is 2.43. The van der Waals surface area contributed by atoms with E-state index < -0.39 is 0 Å². The van der Waals surface area contributed by atoms with Crippen LogP contribution in [0, 0.1) is 0 Å². The molecule has 0 aliphatic carbocycles. The average Bonchev–Trinajstić information content (AvgIpc) is 2.71. The van der Waals surface area contributed by atoms with E-state index in [9.17, 15) is 4.79 Å². The molecule has 0 saturated carbocycles. The van der Waals surface area contributed by atoms with Crippen LogP contribution in [0.5, 0.6) is 5.75 Å². The molecule has 1 amide bonds. The van der Waals surface area contributed by atoms with Gasteiger partial charge >= 0.3 is 6.09 Å². The fourth-order valence-corrected chi connectivity index (χ4v) is 3.18. The highest BCUT2D eigenvalue weighted by atomic mass is 16.6. The molecule has 2 N–H and O–H groups in total. The van der Waals surface area contributed by atoms with Gasteiger partial charge in [-0.1, -0.05) is 18.2 Å². The summed E-state index contributed by atoms with van der Waals surface area (Å²) >= 11 is 0. The highest BCUT2D eigenvalue weighted by Crippen LogP contribution is 2.37. The molecule has 3 rings (SSSR count). The van der Waals surface area contributed by atoms with Crippen molar-refractivity contribution < 1.29 is 14.4 Å². The SMILES string of the molecule is NOC1CC2CCC(C1)N2C(=O)Oc1ccccc1. The van der Waals surface area contributed by atoms with Crippen LogP contribution in [-0.4, -0.2) is 29.2 Å². The number of piperidine rings is 1. The number of hydrogen-bond donors (Lipinski definition) is 1. The third-order valence-corrected chi connectivity index (χ3v) is 4.04.